The van der Waals surface area contributed by atoms with Crippen LogP contribution in [-0.2, 0) is 33.2 Å². The van der Waals surface area contributed by atoms with Gasteiger partial charge < -0.3 is 38.3 Å². The van der Waals surface area contributed by atoms with E-state index in [0.717, 1.165) is 44.9 Å². The molecular formula is C32H64O8. The lowest BCUT2D eigenvalue weighted by Gasteiger charge is -2.29. The van der Waals surface area contributed by atoms with Crippen LogP contribution in [0.4, 0.5) is 0 Å². The Kier molecular flexibility index (Phi) is 25.7. The second-order valence-corrected chi connectivity index (χ2v) is 11.0. The molecule has 8 atom stereocenters. The van der Waals surface area contributed by atoms with Gasteiger partial charge in [0.15, 0.2) is 0 Å². The van der Waals surface area contributed by atoms with E-state index in [4.69, 9.17) is 33.2 Å². The second kappa shape index (κ2) is 26.1. The number of hydrogen-bond donors (Lipinski definition) is 1. The average Bonchev–Trinajstić information content (AvgIpc) is 2.96. The molecule has 0 rings (SSSR count). The van der Waals surface area contributed by atoms with Crippen molar-refractivity contribution in [2.24, 2.45) is 0 Å². The van der Waals surface area contributed by atoms with Crippen molar-refractivity contribution in [1.82, 2.24) is 0 Å². The highest BCUT2D eigenvalue weighted by Crippen LogP contribution is 2.24. The molecule has 0 spiro atoms. The van der Waals surface area contributed by atoms with E-state index < -0.39 is 6.10 Å². The Bertz CT molecular complexity index is 563. The molecule has 0 amide bonds. The molecule has 0 aromatic carbocycles. The molecule has 0 aliphatic carbocycles. The summed E-state index contributed by atoms with van der Waals surface area (Å²) in [5.74, 6) is 0. The minimum absolute atomic E-state index is 0.0120. The van der Waals surface area contributed by atoms with E-state index in [1.54, 1.807) is 48.7 Å². The summed E-state index contributed by atoms with van der Waals surface area (Å²) in [5, 5.41) is 10.2. The SMILES string of the molecule is C=CC[C@H](O)C[C@@H](C[C@@H](C[C@@H](C[C@@H](C[C@@H](C[C@@H](CCCCC[C@@H](CCC)OC)OC)OC)OC)OC)OC)OC. The maximum absolute atomic E-state index is 10.2. The molecule has 0 unspecified atom stereocenters. The van der Waals surface area contributed by atoms with Gasteiger partial charge in [-0.15, -0.1) is 6.58 Å². The summed E-state index contributed by atoms with van der Waals surface area (Å²) in [4.78, 5) is 0. The van der Waals surface area contributed by atoms with Gasteiger partial charge in [-0.25, -0.2) is 0 Å². The van der Waals surface area contributed by atoms with Crippen molar-refractivity contribution in [3.63, 3.8) is 0 Å². The fourth-order valence-corrected chi connectivity index (χ4v) is 5.46. The minimum atomic E-state index is -0.466. The Balaban J connectivity index is 4.78. The molecular weight excluding hydrogens is 512 g/mol. The Morgan fingerprint density at radius 1 is 0.500 bits per heavy atom. The molecule has 8 nitrogen and oxygen atoms in total. The van der Waals surface area contributed by atoms with Crippen LogP contribution in [0.25, 0.3) is 0 Å². The number of rotatable bonds is 29. The fourth-order valence-electron chi connectivity index (χ4n) is 5.46. The van der Waals surface area contributed by atoms with E-state index in [2.05, 4.69) is 13.5 Å². The van der Waals surface area contributed by atoms with Gasteiger partial charge in [-0.3, -0.25) is 0 Å². The highest BCUT2D eigenvalue weighted by Gasteiger charge is 2.27. The van der Waals surface area contributed by atoms with Crippen molar-refractivity contribution < 1.29 is 38.3 Å². The molecule has 0 bridgehead atoms. The van der Waals surface area contributed by atoms with E-state index in [0.29, 0.717) is 31.8 Å². The average molecular weight is 577 g/mol. The maximum Gasteiger partial charge on any atom is 0.0620 e. The van der Waals surface area contributed by atoms with Crippen LogP contribution >= 0.6 is 0 Å². The third-order valence-electron chi connectivity index (χ3n) is 8.10. The van der Waals surface area contributed by atoms with E-state index in [-0.39, 0.29) is 36.6 Å². The molecule has 0 saturated heterocycles. The summed E-state index contributed by atoms with van der Waals surface area (Å²) < 4.78 is 40.4. The topological polar surface area (TPSA) is 84.8 Å². The van der Waals surface area contributed by atoms with Gasteiger partial charge in [0.25, 0.3) is 0 Å². The van der Waals surface area contributed by atoms with Crippen LogP contribution in [0.1, 0.15) is 96.8 Å². The van der Waals surface area contributed by atoms with Crippen LogP contribution in [0.3, 0.4) is 0 Å². The van der Waals surface area contributed by atoms with Crippen molar-refractivity contribution in [3.05, 3.63) is 12.7 Å². The third-order valence-corrected chi connectivity index (χ3v) is 8.10. The van der Waals surface area contributed by atoms with E-state index >= 15 is 0 Å². The first-order valence-corrected chi connectivity index (χ1v) is 15.3. The van der Waals surface area contributed by atoms with Gasteiger partial charge in [0.05, 0.1) is 48.8 Å². The number of aliphatic hydroxyl groups is 1. The zero-order valence-electron chi connectivity index (χ0n) is 27.1. The molecule has 0 aromatic rings. The van der Waals surface area contributed by atoms with Crippen molar-refractivity contribution in [2.45, 2.75) is 146 Å². The monoisotopic (exact) mass is 576 g/mol. The summed E-state index contributed by atoms with van der Waals surface area (Å²) >= 11 is 0. The summed E-state index contributed by atoms with van der Waals surface area (Å²) in [7, 11) is 12.3. The molecule has 0 heterocycles. The first-order chi connectivity index (χ1) is 19.3. The highest BCUT2D eigenvalue weighted by atomic mass is 16.5. The predicted octanol–water partition coefficient (Wildman–Crippen LogP) is 6.12. The van der Waals surface area contributed by atoms with Crippen molar-refractivity contribution in [3.8, 4) is 0 Å². The molecule has 0 radical (unpaired) electrons. The van der Waals surface area contributed by atoms with Crippen LogP contribution in [-0.4, -0.2) is 104 Å². The second-order valence-electron chi connectivity index (χ2n) is 11.0. The minimum Gasteiger partial charge on any atom is -0.393 e. The van der Waals surface area contributed by atoms with Gasteiger partial charge in [-0.05, 0) is 64.2 Å². The predicted molar refractivity (Wildman–Crippen MR) is 162 cm³/mol. The lowest BCUT2D eigenvalue weighted by Crippen LogP contribution is -2.33. The molecule has 240 valence electrons. The quantitative estimate of drug-likeness (QED) is 0.0842. The van der Waals surface area contributed by atoms with Crippen LogP contribution in [0.5, 0.6) is 0 Å². The fraction of sp³-hybridized carbons (Fsp3) is 0.938. The van der Waals surface area contributed by atoms with Gasteiger partial charge in [0.1, 0.15) is 0 Å². The van der Waals surface area contributed by atoms with Gasteiger partial charge in [-0.1, -0.05) is 38.7 Å². The standard InChI is InChI=1S/C32H64O8/c1-10-15-25(33)19-28(36-5)21-30(38-7)23-32(40-9)24-31(39-8)22-29(37-6)20-27(35-4)18-14-12-13-17-26(34-3)16-11-2/h10,25-33H,1,11-24H2,2-9H3/t25-,26+,27+,28-,29+,30-,31+,32-/m0/s1. The maximum atomic E-state index is 10.2. The van der Waals surface area contributed by atoms with Gasteiger partial charge in [-0.2, -0.15) is 0 Å². The summed E-state index contributed by atoms with van der Waals surface area (Å²) in [6.45, 7) is 5.91. The number of unbranched alkanes of at least 4 members (excludes halogenated alkanes) is 2. The lowest BCUT2D eigenvalue weighted by molar-refractivity contribution is -0.0520. The van der Waals surface area contributed by atoms with Crippen LogP contribution in [0.15, 0.2) is 12.7 Å². The number of aliphatic hydroxyl groups excluding tert-OH is 1. The van der Waals surface area contributed by atoms with Crippen LogP contribution in [0.2, 0.25) is 0 Å². The Morgan fingerprint density at radius 3 is 1.20 bits per heavy atom. The van der Waals surface area contributed by atoms with Crippen LogP contribution in [0, 0.1) is 0 Å². The number of hydrogen-bond acceptors (Lipinski definition) is 8. The molecule has 8 heteroatoms. The molecule has 0 saturated carbocycles. The molecule has 0 aromatic heterocycles. The Labute approximate surface area is 246 Å². The Hall–Kier alpha value is -0.580. The molecule has 40 heavy (non-hydrogen) atoms. The summed E-state index contributed by atoms with van der Waals surface area (Å²) in [6.07, 6.45) is 14.5. The van der Waals surface area contributed by atoms with Crippen molar-refractivity contribution in [2.75, 3.05) is 49.8 Å². The van der Waals surface area contributed by atoms with Crippen molar-refractivity contribution in [1.29, 1.82) is 0 Å². The zero-order chi connectivity index (χ0) is 30.2. The molecule has 1 N–H and O–H groups in total. The largest absolute Gasteiger partial charge is 0.393 e. The molecule has 0 aliphatic heterocycles. The molecule has 0 aliphatic rings. The number of ether oxygens (including phenoxy) is 7. The smallest absolute Gasteiger partial charge is 0.0620 e. The molecule has 0 fully saturated rings. The normalized spacial score (nSPS) is 18.0. The van der Waals surface area contributed by atoms with Gasteiger partial charge in [0, 0.05) is 49.8 Å². The highest BCUT2D eigenvalue weighted by molar-refractivity contribution is 4.80. The lowest BCUT2D eigenvalue weighted by atomic mass is 9.95. The van der Waals surface area contributed by atoms with E-state index in [9.17, 15) is 5.11 Å². The van der Waals surface area contributed by atoms with Crippen molar-refractivity contribution >= 4 is 0 Å². The number of methoxy groups -OCH3 is 7. The zero-order valence-corrected chi connectivity index (χ0v) is 27.1. The van der Waals surface area contributed by atoms with Crippen LogP contribution < -0.4 is 0 Å². The van der Waals surface area contributed by atoms with Gasteiger partial charge >= 0.3 is 0 Å². The first kappa shape index (κ1) is 39.4. The first-order valence-electron chi connectivity index (χ1n) is 15.3. The Morgan fingerprint density at radius 2 is 0.850 bits per heavy atom. The summed E-state index contributed by atoms with van der Waals surface area (Å²) in [5.41, 5.74) is 0. The van der Waals surface area contributed by atoms with Gasteiger partial charge in [0.2, 0.25) is 0 Å². The summed E-state index contributed by atoms with van der Waals surface area (Å²) in [6, 6.07) is 0. The van der Waals surface area contributed by atoms with E-state index in [1.807, 2.05) is 7.11 Å². The van der Waals surface area contributed by atoms with E-state index in [1.165, 1.54) is 19.3 Å². The third kappa shape index (κ3) is 18.8.